The molecular weight excluding hydrogens is 292 g/mol. The Hall–Kier alpha value is -1.40. The molecule has 6 heteroatoms. The van der Waals surface area contributed by atoms with Crippen LogP contribution in [0.3, 0.4) is 0 Å². The van der Waals surface area contributed by atoms with Gasteiger partial charge >= 0.3 is 0 Å². The van der Waals surface area contributed by atoms with Crippen molar-refractivity contribution in [3.05, 3.63) is 17.0 Å². The molecular formula is C17H28N4O2. The Morgan fingerprint density at radius 3 is 2.96 bits per heavy atom. The number of likely N-dealkylation sites (tertiary alicyclic amines) is 1. The third kappa shape index (κ3) is 4.12. The molecule has 2 saturated heterocycles. The van der Waals surface area contributed by atoms with Crippen LogP contribution in [0.4, 0.5) is 0 Å². The molecule has 0 radical (unpaired) electrons. The summed E-state index contributed by atoms with van der Waals surface area (Å²) < 4.78 is 5.26. The van der Waals surface area contributed by atoms with Crippen LogP contribution in [0.1, 0.15) is 42.7 Å². The standard InChI is InChI=1S/C17H28N4O2/c1-12-15(13(2)23-20-12)11-21-8-4-5-14(10-21)9-19-17(22)16-6-3-7-18-16/h14,16,18H,3-11H2,1-2H3,(H,19,22). The summed E-state index contributed by atoms with van der Waals surface area (Å²) in [4.78, 5) is 14.6. The fraction of sp³-hybridized carbons (Fsp3) is 0.765. The highest BCUT2D eigenvalue weighted by Crippen LogP contribution is 2.21. The van der Waals surface area contributed by atoms with Crippen LogP contribution < -0.4 is 10.6 Å². The Balaban J connectivity index is 1.47. The number of aromatic nitrogens is 1. The third-order valence-corrected chi connectivity index (χ3v) is 5.11. The lowest BCUT2D eigenvalue weighted by Crippen LogP contribution is -2.45. The Bertz CT molecular complexity index is 517. The average molecular weight is 320 g/mol. The van der Waals surface area contributed by atoms with Gasteiger partial charge in [-0.2, -0.15) is 0 Å². The number of amides is 1. The minimum absolute atomic E-state index is 0.0250. The molecule has 0 aromatic carbocycles. The largest absolute Gasteiger partial charge is 0.361 e. The zero-order chi connectivity index (χ0) is 16.2. The second-order valence-corrected chi connectivity index (χ2v) is 6.94. The molecule has 128 valence electrons. The van der Waals surface area contributed by atoms with Crippen LogP contribution in [0.2, 0.25) is 0 Å². The highest BCUT2D eigenvalue weighted by molar-refractivity contribution is 5.81. The first-order valence-electron chi connectivity index (χ1n) is 8.78. The van der Waals surface area contributed by atoms with Crippen molar-refractivity contribution in [1.82, 2.24) is 20.7 Å². The quantitative estimate of drug-likeness (QED) is 0.857. The maximum absolute atomic E-state index is 12.1. The van der Waals surface area contributed by atoms with E-state index in [2.05, 4.69) is 20.7 Å². The van der Waals surface area contributed by atoms with Gasteiger partial charge in [-0.1, -0.05) is 5.16 Å². The van der Waals surface area contributed by atoms with Gasteiger partial charge in [0.1, 0.15) is 5.76 Å². The number of nitrogens with zero attached hydrogens (tertiary/aromatic N) is 2. The van der Waals surface area contributed by atoms with E-state index >= 15 is 0 Å². The van der Waals surface area contributed by atoms with E-state index in [0.29, 0.717) is 5.92 Å². The van der Waals surface area contributed by atoms with E-state index < -0.39 is 0 Å². The minimum atomic E-state index is 0.0250. The second-order valence-electron chi connectivity index (χ2n) is 6.94. The van der Waals surface area contributed by atoms with E-state index in [9.17, 15) is 4.79 Å². The third-order valence-electron chi connectivity index (χ3n) is 5.11. The van der Waals surface area contributed by atoms with Crippen LogP contribution in [0, 0.1) is 19.8 Å². The first kappa shape index (κ1) is 16.5. The van der Waals surface area contributed by atoms with E-state index in [-0.39, 0.29) is 11.9 Å². The van der Waals surface area contributed by atoms with Crippen LogP contribution >= 0.6 is 0 Å². The lowest BCUT2D eigenvalue weighted by molar-refractivity contribution is -0.123. The summed E-state index contributed by atoms with van der Waals surface area (Å²) in [6.07, 6.45) is 4.45. The van der Waals surface area contributed by atoms with Gasteiger partial charge in [0.25, 0.3) is 0 Å². The van der Waals surface area contributed by atoms with E-state index in [1.807, 2.05) is 13.8 Å². The number of piperidine rings is 1. The Labute approximate surface area is 138 Å². The van der Waals surface area contributed by atoms with Crippen LogP contribution in [0.15, 0.2) is 4.52 Å². The van der Waals surface area contributed by atoms with Gasteiger partial charge in [-0.05, 0) is 58.5 Å². The Morgan fingerprint density at radius 2 is 2.26 bits per heavy atom. The number of nitrogens with one attached hydrogen (secondary N) is 2. The summed E-state index contributed by atoms with van der Waals surface area (Å²) >= 11 is 0. The zero-order valence-corrected chi connectivity index (χ0v) is 14.2. The number of hydrogen-bond acceptors (Lipinski definition) is 5. The van der Waals surface area contributed by atoms with Crippen molar-refractivity contribution >= 4 is 5.91 Å². The first-order chi connectivity index (χ1) is 11.1. The summed E-state index contributed by atoms with van der Waals surface area (Å²) in [5.41, 5.74) is 2.20. The highest BCUT2D eigenvalue weighted by atomic mass is 16.5. The number of carbonyl (C=O) groups excluding carboxylic acids is 1. The summed E-state index contributed by atoms with van der Waals surface area (Å²) in [7, 11) is 0. The molecule has 3 rings (SSSR count). The summed E-state index contributed by atoms with van der Waals surface area (Å²) in [6, 6.07) is 0.0250. The lowest BCUT2D eigenvalue weighted by atomic mass is 9.97. The van der Waals surface area contributed by atoms with Crippen LogP contribution in [0.5, 0.6) is 0 Å². The van der Waals surface area contributed by atoms with Crippen molar-refractivity contribution in [1.29, 1.82) is 0 Å². The predicted molar refractivity (Wildman–Crippen MR) is 88.0 cm³/mol. The van der Waals surface area contributed by atoms with Crippen LogP contribution in [-0.4, -0.2) is 48.2 Å². The van der Waals surface area contributed by atoms with Gasteiger partial charge in [0.05, 0.1) is 11.7 Å². The number of rotatable bonds is 5. The van der Waals surface area contributed by atoms with Crippen LogP contribution in [-0.2, 0) is 11.3 Å². The van der Waals surface area contributed by atoms with E-state index in [1.54, 1.807) is 0 Å². The summed E-state index contributed by atoms with van der Waals surface area (Å²) in [6.45, 7) is 8.77. The first-order valence-corrected chi connectivity index (χ1v) is 8.78. The van der Waals surface area contributed by atoms with E-state index in [0.717, 1.165) is 57.0 Å². The molecule has 2 N–H and O–H groups in total. The fourth-order valence-corrected chi connectivity index (χ4v) is 3.69. The summed E-state index contributed by atoms with van der Waals surface area (Å²) in [5, 5.41) is 10.4. The maximum Gasteiger partial charge on any atom is 0.237 e. The van der Waals surface area contributed by atoms with Gasteiger partial charge in [0.2, 0.25) is 5.91 Å². The number of hydrogen-bond donors (Lipinski definition) is 2. The summed E-state index contributed by atoms with van der Waals surface area (Å²) in [5.74, 6) is 1.63. The molecule has 0 aliphatic carbocycles. The lowest BCUT2D eigenvalue weighted by Gasteiger charge is -2.33. The molecule has 23 heavy (non-hydrogen) atoms. The fourth-order valence-electron chi connectivity index (χ4n) is 3.69. The molecule has 0 bridgehead atoms. The SMILES string of the molecule is Cc1noc(C)c1CN1CCCC(CNC(=O)C2CCCN2)C1. The van der Waals surface area contributed by atoms with Gasteiger partial charge in [0.15, 0.2) is 0 Å². The van der Waals surface area contributed by atoms with Crippen molar-refractivity contribution in [3.8, 4) is 0 Å². The van der Waals surface area contributed by atoms with Gasteiger partial charge in [-0.3, -0.25) is 9.69 Å². The van der Waals surface area contributed by atoms with Crippen LogP contribution in [0.25, 0.3) is 0 Å². The minimum Gasteiger partial charge on any atom is -0.361 e. The molecule has 2 aliphatic heterocycles. The van der Waals surface area contributed by atoms with E-state index in [1.165, 1.54) is 18.4 Å². The molecule has 0 saturated carbocycles. The van der Waals surface area contributed by atoms with Gasteiger partial charge in [-0.15, -0.1) is 0 Å². The molecule has 2 atom stereocenters. The molecule has 2 unspecified atom stereocenters. The molecule has 3 heterocycles. The molecule has 1 aromatic rings. The highest BCUT2D eigenvalue weighted by Gasteiger charge is 2.25. The van der Waals surface area contributed by atoms with Crippen molar-refractivity contribution in [2.45, 2.75) is 52.1 Å². The molecule has 1 amide bonds. The van der Waals surface area contributed by atoms with Gasteiger partial charge in [-0.25, -0.2) is 0 Å². The maximum atomic E-state index is 12.1. The van der Waals surface area contributed by atoms with Crippen molar-refractivity contribution < 1.29 is 9.32 Å². The molecule has 2 fully saturated rings. The Kier molecular flexibility index (Phi) is 5.33. The molecule has 2 aliphatic rings. The van der Waals surface area contributed by atoms with Gasteiger partial charge in [0, 0.05) is 25.2 Å². The number of carbonyl (C=O) groups is 1. The smallest absolute Gasteiger partial charge is 0.237 e. The van der Waals surface area contributed by atoms with Crippen molar-refractivity contribution in [3.63, 3.8) is 0 Å². The average Bonchev–Trinajstić information content (AvgIpc) is 3.19. The van der Waals surface area contributed by atoms with Crippen molar-refractivity contribution in [2.24, 2.45) is 5.92 Å². The molecule has 0 spiro atoms. The van der Waals surface area contributed by atoms with Gasteiger partial charge < -0.3 is 15.2 Å². The predicted octanol–water partition coefficient (Wildman–Crippen LogP) is 1.37. The number of aryl methyl sites for hydroxylation is 2. The normalized spacial score (nSPS) is 25.7. The monoisotopic (exact) mass is 320 g/mol. The zero-order valence-electron chi connectivity index (χ0n) is 14.2. The Morgan fingerprint density at radius 1 is 1.39 bits per heavy atom. The molecule has 6 nitrogen and oxygen atoms in total. The molecule has 1 aromatic heterocycles. The second kappa shape index (κ2) is 7.45. The topological polar surface area (TPSA) is 70.4 Å². The van der Waals surface area contributed by atoms with Crippen molar-refractivity contribution in [2.75, 3.05) is 26.2 Å². The van der Waals surface area contributed by atoms with E-state index in [4.69, 9.17) is 4.52 Å².